The number of alkyl halides is 6. The van der Waals surface area contributed by atoms with Gasteiger partial charge in [-0.25, -0.2) is 13.2 Å². The van der Waals surface area contributed by atoms with Gasteiger partial charge in [0.15, 0.2) is 0 Å². The molecule has 0 spiro atoms. The van der Waals surface area contributed by atoms with Crippen LogP contribution in [0.25, 0.3) is 0 Å². The fourth-order valence-corrected chi connectivity index (χ4v) is 0.393. The minimum absolute atomic E-state index is 1.09. The molecule has 0 saturated heterocycles. The van der Waals surface area contributed by atoms with Crippen molar-refractivity contribution in [3.05, 3.63) is 0 Å². The van der Waals surface area contributed by atoms with Crippen molar-refractivity contribution in [2.45, 2.75) is 32.6 Å². The maximum absolute atomic E-state index is 11.2. The first-order chi connectivity index (χ1) is 6.27. The Balaban J connectivity index is 0. The van der Waals surface area contributed by atoms with Crippen molar-refractivity contribution in [2.24, 2.45) is 0 Å². The Morgan fingerprint density at radius 1 is 1.00 bits per heavy atom. The molecule has 1 nitrogen and oxygen atoms in total. The van der Waals surface area contributed by atoms with Crippen LogP contribution in [-0.4, -0.2) is 31.9 Å². The SMILES string of the molecule is CCNCC.FC(F)C(F)C(F)(F)F. The van der Waals surface area contributed by atoms with E-state index >= 15 is 0 Å². The highest BCUT2D eigenvalue weighted by Crippen LogP contribution is 2.27. The zero-order chi connectivity index (χ0) is 11.8. The van der Waals surface area contributed by atoms with Gasteiger partial charge in [-0.3, -0.25) is 0 Å². The van der Waals surface area contributed by atoms with Crippen molar-refractivity contribution in [3.63, 3.8) is 0 Å². The molecule has 0 amide bonds. The van der Waals surface area contributed by atoms with Gasteiger partial charge in [-0.15, -0.1) is 0 Å². The molecular weight excluding hydrogens is 212 g/mol. The Kier molecular flexibility index (Phi) is 9.02. The molecule has 1 unspecified atom stereocenters. The van der Waals surface area contributed by atoms with E-state index in [0.717, 1.165) is 13.1 Å². The zero-order valence-electron chi connectivity index (χ0n) is 7.84. The van der Waals surface area contributed by atoms with Crippen molar-refractivity contribution in [1.29, 1.82) is 0 Å². The van der Waals surface area contributed by atoms with Gasteiger partial charge in [0.05, 0.1) is 0 Å². The van der Waals surface area contributed by atoms with Crippen LogP contribution in [0, 0.1) is 0 Å². The molecule has 0 aliphatic carbocycles. The van der Waals surface area contributed by atoms with Crippen LogP contribution in [0.4, 0.5) is 26.3 Å². The fourth-order valence-electron chi connectivity index (χ4n) is 0.393. The van der Waals surface area contributed by atoms with Crippen molar-refractivity contribution < 1.29 is 26.3 Å². The second kappa shape index (κ2) is 7.90. The third kappa shape index (κ3) is 9.63. The first-order valence-corrected chi connectivity index (χ1v) is 3.96. The highest BCUT2D eigenvalue weighted by molar-refractivity contribution is 4.67. The molecular formula is C7H13F6N. The predicted octanol–water partition coefficient (Wildman–Crippen LogP) is 2.77. The molecule has 7 heteroatoms. The number of halogens is 6. The van der Waals surface area contributed by atoms with E-state index < -0.39 is 18.8 Å². The van der Waals surface area contributed by atoms with Crippen molar-refractivity contribution in [3.8, 4) is 0 Å². The predicted molar refractivity (Wildman–Crippen MR) is 41.2 cm³/mol. The van der Waals surface area contributed by atoms with Gasteiger partial charge >= 0.3 is 6.18 Å². The third-order valence-electron chi connectivity index (χ3n) is 1.03. The van der Waals surface area contributed by atoms with Gasteiger partial charge in [0.2, 0.25) is 0 Å². The highest BCUT2D eigenvalue weighted by atomic mass is 19.4. The fraction of sp³-hybridized carbons (Fsp3) is 1.00. The van der Waals surface area contributed by atoms with Gasteiger partial charge < -0.3 is 5.32 Å². The van der Waals surface area contributed by atoms with Gasteiger partial charge in [-0.2, -0.15) is 13.2 Å². The van der Waals surface area contributed by atoms with E-state index in [4.69, 9.17) is 0 Å². The van der Waals surface area contributed by atoms with Crippen molar-refractivity contribution >= 4 is 0 Å². The summed E-state index contributed by atoms with van der Waals surface area (Å²) in [6.07, 6.45) is -13.4. The Labute approximate surface area is 78.5 Å². The summed E-state index contributed by atoms with van der Waals surface area (Å²) in [6, 6.07) is 0. The minimum atomic E-state index is -5.44. The van der Waals surface area contributed by atoms with Crippen molar-refractivity contribution in [2.75, 3.05) is 13.1 Å². The topological polar surface area (TPSA) is 12.0 Å². The van der Waals surface area contributed by atoms with E-state index in [1.54, 1.807) is 0 Å². The Bertz CT molecular complexity index is 122. The molecule has 1 N–H and O–H groups in total. The van der Waals surface area contributed by atoms with Crippen LogP contribution in [-0.2, 0) is 0 Å². The second-order valence-corrected chi connectivity index (χ2v) is 2.23. The smallest absolute Gasteiger partial charge is 0.317 e. The Morgan fingerprint density at radius 3 is 1.36 bits per heavy atom. The van der Waals surface area contributed by atoms with E-state index in [1.165, 1.54) is 0 Å². The first kappa shape index (κ1) is 16.0. The van der Waals surface area contributed by atoms with Gasteiger partial charge in [-0.05, 0) is 13.1 Å². The standard InChI is InChI=1S/C4H11N.C3H2F6/c1-3-5-4-2;4-1(2(5)6)3(7,8)9/h5H,3-4H2,1-2H3;1-2H. The maximum Gasteiger partial charge on any atom is 0.425 e. The monoisotopic (exact) mass is 225 g/mol. The van der Waals surface area contributed by atoms with E-state index in [2.05, 4.69) is 19.2 Å². The van der Waals surface area contributed by atoms with Gasteiger partial charge in [0.1, 0.15) is 0 Å². The zero-order valence-corrected chi connectivity index (χ0v) is 7.84. The van der Waals surface area contributed by atoms with E-state index in [1.807, 2.05) is 0 Å². The van der Waals surface area contributed by atoms with E-state index in [9.17, 15) is 26.3 Å². The minimum Gasteiger partial charge on any atom is -0.317 e. The lowest BCUT2D eigenvalue weighted by molar-refractivity contribution is -0.211. The molecule has 0 heterocycles. The lowest BCUT2D eigenvalue weighted by Crippen LogP contribution is -2.30. The summed E-state index contributed by atoms with van der Waals surface area (Å²) < 4.78 is 65.4. The molecule has 0 aromatic rings. The molecule has 0 aromatic carbocycles. The maximum atomic E-state index is 11.2. The number of nitrogens with one attached hydrogen (secondary N) is 1. The third-order valence-corrected chi connectivity index (χ3v) is 1.03. The summed E-state index contributed by atoms with van der Waals surface area (Å²) in [7, 11) is 0. The summed E-state index contributed by atoms with van der Waals surface area (Å²) in [5.41, 5.74) is 0. The van der Waals surface area contributed by atoms with Crippen LogP contribution in [0.3, 0.4) is 0 Å². The normalized spacial score (nSPS) is 13.5. The molecule has 0 aromatic heterocycles. The summed E-state index contributed by atoms with van der Waals surface area (Å²) in [5, 5.41) is 3.11. The quantitative estimate of drug-likeness (QED) is 0.728. The Hall–Kier alpha value is -0.460. The molecule has 1 atom stereocenters. The van der Waals surface area contributed by atoms with E-state index in [-0.39, 0.29) is 0 Å². The lowest BCUT2D eigenvalue weighted by Gasteiger charge is -2.09. The van der Waals surface area contributed by atoms with Gasteiger partial charge in [-0.1, -0.05) is 13.8 Å². The van der Waals surface area contributed by atoms with Gasteiger partial charge in [0.25, 0.3) is 12.6 Å². The summed E-state index contributed by atoms with van der Waals surface area (Å²) >= 11 is 0. The molecule has 0 radical (unpaired) electrons. The average Bonchev–Trinajstić information content (AvgIpc) is 2.04. The Morgan fingerprint density at radius 2 is 1.36 bits per heavy atom. The van der Waals surface area contributed by atoms with Crippen LogP contribution < -0.4 is 5.32 Å². The molecule has 0 aliphatic rings. The highest BCUT2D eigenvalue weighted by Gasteiger charge is 2.46. The van der Waals surface area contributed by atoms with Crippen LogP contribution >= 0.6 is 0 Å². The molecule has 14 heavy (non-hydrogen) atoms. The summed E-state index contributed by atoms with van der Waals surface area (Å²) in [6.45, 7) is 6.39. The summed E-state index contributed by atoms with van der Waals surface area (Å²) in [4.78, 5) is 0. The molecule has 0 aliphatic heterocycles. The average molecular weight is 225 g/mol. The van der Waals surface area contributed by atoms with Crippen LogP contribution in [0.5, 0.6) is 0 Å². The van der Waals surface area contributed by atoms with Gasteiger partial charge in [0, 0.05) is 0 Å². The number of rotatable bonds is 3. The van der Waals surface area contributed by atoms with Crippen molar-refractivity contribution in [1.82, 2.24) is 5.32 Å². The van der Waals surface area contributed by atoms with Crippen LogP contribution in [0.1, 0.15) is 13.8 Å². The number of hydrogen-bond acceptors (Lipinski definition) is 1. The molecule has 0 fully saturated rings. The van der Waals surface area contributed by atoms with Crippen LogP contribution in [0.2, 0.25) is 0 Å². The second-order valence-electron chi connectivity index (χ2n) is 2.23. The molecule has 88 valence electrons. The number of hydrogen-bond donors (Lipinski definition) is 1. The summed E-state index contributed by atoms with van der Waals surface area (Å²) in [5.74, 6) is 0. The molecule has 0 saturated carbocycles. The molecule has 0 rings (SSSR count). The lowest BCUT2D eigenvalue weighted by atomic mass is 10.4. The van der Waals surface area contributed by atoms with Crippen LogP contribution in [0.15, 0.2) is 0 Å². The first-order valence-electron chi connectivity index (χ1n) is 3.96. The largest absolute Gasteiger partial charge is 0.425 e. The molecule has 0 bridgehead atoms. The van der Waals surface area contributed by atoms with E-state index in [0.29, 0.717) is 0 Å².